The fourth-order valence-corrected chi connectivity index (χ4v) is 4.67. The molecule has 0 spiro atoms. The Morgan fingerprint density at radius 1 is 1.04 bits per heavy atom. The molecule has 3 heteroatoms. The van der Waals surface area contributed by atoms with Gasteiger partial charge >= 0.3 is 162 Å². The summed E-state index contributed by atoms with van der Waals surface area (Å²) in [4.78, 5) is 0. The molecule has 2 aliphatic rings. The summed E-state index contributed by atoms with van der Waals surface area (Å²) in [5.74, 6) is 0.634. The summed E-state index contributed by atoms with van der Waals surface area (Å²) >= 11 is 2.31. The van der Waals surface area contributed by atoms with Crippen LogP contribution < -0.4 is 24.8 Å². The van der Waals surface area contributed by atoms with Gasteiger partial charge in [-0.05, 0) is 0 Å². The third-order valence-corrected chi connectivity index (χ3v) is 6.66. The van der Waals surface area contributed by atoms with Gasteiger partial charge in [0.1, 0.15) is 0 Å². The normalized spacial score (nSPS) is 23.5. The Kier molecular flexibility index (Phi) is 9.26. The van der Waals surface area contributed by atoms with Gasteiger partial charge in [-0.15, -0.1) is 0 Å². The molecule has 145 valence electrons. The molecule has 0 nitrogen and oxygen atoms in total. The van der Waals surface area contributed by atoms with Crippen LogP contribution in [0.2, 0.25) is 0 Å². The summed E-state index contributed by atoms with van der Waals surface area (Å²) in [5, 5.41) is 0. The molecule has 0 heterocycles. The second-order valence-electron chi connectivity index (χ2n) is 10.0. The van der Waals surface area contributed by atoms with Crippen LogP contribution in [0.15, 0.2) is 44.9 Å². The Hall–Kier alpha value is 0.254. The summed E-state index contributed by atoms with van der Waals surface area (Å²) < 4.78 is 1.56. The Morgan fingerprint density at radius 3 is 2.00 bits per heavy atom. The van der Waals surface area contributed by atoms with Crippen LogP contribution in [0, 0.1) is 22.2 Å². The molecule has 26 heavy (non-hydrogen) atoms. The zero-order valence-electron chi connectivity index (χ0n) is 17.8. The molecule has 0 aliphatic heterocycles. The summed E-state index contributed by atoms with van der Waals surface area (Å²) in [6, 6.07) is 0. The monoisotopic (exact) mass is 429 g/mol. The number of hydrogen-bond acceptors (Lipinski definition) is 0. The van der Waals surface area contributed by atoms with Gasteiger partial charge in [-0.2, -0.15) is 0 Å². The van der Waals surface area contributed by atoms with Gasteiger partial charge < -0.3 is 24.8 Å². The molecule has 0 radical (unpaired) electrons. The molecule has 1 unspecified atom stereocenters. The van der Waals surface area contributed by atoms with Crippen molar-refractivity contribution >= 4 is 0 Å². The fourth-order valence-electron chi connectivity index (χ4n) is 4.22. The molecule has 2 rings (SSSR count). The second-order valence-corrected chi connectivity index (χ2v) is 11.0. The van der Waals surface area contributed by atoms with E-state index in [1.165, 1.54) is 18.4 Å². The Morgan fingerprint density at radius 2 is 1.62 bits per heavy atom. The van der Waals surface area contributed by atoms with Crippen molar-refractivity contribution in [2.24, 2.45) is 22.2 Å². The smallest absolute Gasteiger partial charge is 1.00 e. The van der Waals surface area contributed by atoms with Crippen molar-refractivity contribution in [2.45, 2.75) is 74.7 Å². The van der Waals surface area contributed by atoms with Crippen LogP contribution in [0.4, 0.5) is 0 Å². The Bertz CT molecular complexity index is 622. The Balaban J connectivity index is 0.00000312. The molecule has 0 N–H and O–H groups in total. The minimum absolute atomic E-state index is 0. The van der Waals surface area contributed by atoms with Crippen molar-refractivity contribution in [1.29, 1.82) is 0 Å². The summed E-state index contributed by atoms with van der Waals surface area (Å²) in [5.41, 5.74) is 5.41. The van der Waals surface area contributed by atoms with Gasteiger partial charge in [0.05, 0.1) is 0 Å². The summed E-state index contributed by atoms with van der Waals surface area (Å²) in [7, 11) is 0. The predicted octanol–water partition coefficient (Wildman–Crippen LogP) is 1.14. The van der Waals surface area contributed by atoms with Gasteiger partial charge in [-0.3, -0.25) is 0 Å². The van der Waals surface area contributed by atoms with E-state index in [0.717, 1.165) is 6.42 Å². The molecule has 0 amide bonds. The van der Waals surface area contributed by atoms with Crippen LogP contribution in [-0.2, 0) is 20.4 Å². The van der Waals surface area contributed by atoms with E-state index in [1.807, 2.05) is 0 Å². The van der Waals surface area contributed by atoms with Gasteiger partial charge in [0, 0.05) is 0 Å². The van der Waals surface area contributed by atoms with Crippen LogP contribution in [-0.4, -0.2) is 0 Å². The first-order valence-electron chi connectivity index (χ1n) is 9.41. The van der Waals surface area contributed by atoms with Crippen LogP contribution in [0.25, 0.3) is 0 Å². The van der Waals surface area contributed by atoms with Gasteiger partial charge in [-0.25, -0.2) is 0 Å². The maximum atomic E-state index is 2.55. The van der Waals surface area contributed by atoms with E-state index in [2.05, 4.69) is 100 Å². The topological polar surface area (TPSA) is 0 Å². The number of hydrogen-bond donors (Lipinski definition) is 0. The standard InChI is InChI=1S/C23H35.2ClH.Ti/c1-17(2)23(16-18-11-9-10-12-18)14-13-19(21(3,4)5)15-20(23)22(6,7)8;;;/h9,11,13,15,17H,10,14,16H2,1-8H3;2*1H;/q;;;+2/p-2. The van der Waals surface area contributed by atoms with E-state index in [4.69, 9.17) is 0 Å². The van der Waals surface area contributed by atoms with Gasteiger partial charge in [-0.1, -0.05) is 0 Å². The van der Waals surface area contributed by atoms with E-state index >= 15 is 0 Å². The zero-order valence-corrected chi connectivity index (χ0v) is 20.8. The average Bonchev–Trinajstić information content (AvgIpc) is 2.81. The van der Waals surface area contributed by atoms with E-state index < -0.39 is 0 Å². The van der Waals surface area contributed by atoms with E-state index in [1.54, 1.807) is 15.0 Å². The molecule has 0 saturated carbocycles. The van der Waals surface area contributed by atoms with Crippen LogP contribution >= 0.6 is 0 Å². The molecule has 2 aliphatic carbocycles. The van der Waals surface area contributed by atoms with Crippen LogP contribution in [0.5, 0.6) is 0 Å². The molecule has 0 saturated heterocycles. The van der Waals surface area contributed by atoms with E-state index in [0.29, 0.717) is 5.92 Å². The first-order valence-corrected chi connectivity index (χ1v) is 10.2. The minimum Gasteiger partial charge on any atom is -1.00 e. The first kappa shape index (κ1) is 26.3. The summed E-state index contributed by atoms with van der Waals surface area (Å²) in [6.45, 7) is 19.0. The minimum atomic E-state index is 0. The molecule has 0 aromatic rings. The van der Waals surface area contributed by atoms with Crippen LogP contribution in [0.1, 0.15) is 74.7 Å². The molecular weight excluding hydrogens is 395 g/mol. The van der Waals surface area contributed by atoms with Crippen molar-refractivity contribution in [3.05, 3.63) is 44.9 Å². The molecule has 0 bridgehead atoms. The zero-order chi connectivity index (χ0) is 18.3. The SMILES string of the molecule is CC(C)C1(CC2=[C]([Ti+2])CC=C2)CC=C(C(C)(C)C)C=C1C(C)(C)C.[Cl-].[Cl-]. The number of rotatable bonds is 3. The van der Waals surface area contributed by atoms with Crippen molar-refractivity contribution in [1.82, 2.24) is 0 Å². The molecule has 0 fully saturated rings. The molecular formula is C23H35Cl2Ti. The third-order valence-electron chi connectivity index (χ3n) is 5.84. The molecule has 0 aromatic heterocycles. The van der Waals surface area contributed by atoms with Gasteiger partial charge in [0.25, 0.3) is 0 Å². The quantitative estimate of drug-likeness (QED) is 0.590. The van der Waals surface area contributed by atoms with Crippen molar-refractivity contribution in [3.63, 3.8) is 0 Å². The number of allylic oxidation sites excluding steroid dienone is 8. The van der Waals surface area contributed by atoms with Gasteiger partial charge in [0.2, 0.25) is 0 Å². The van der Waals surface area contributed by atoms with Crippen molar-refractivity contribution in [2.75, 3.05) is 0 Å². The maximum Gasteiger partial charge on any atom is -1.00 e. The second kappa shape index (κ2) is 9.17. The van der Waals surface area contributed by atoms with Crippen molar-refractivity contribution < 1.29 is 45.2 Å². The van der Waals surface area contributed by atoms with E-state index in [9.17, 15) is 0 Å². The van der Waals surface area contributed by atoms with Gasteiger partial charge in [0.15, 0.2) is 0 Å². The predicted molar refractivity (Wildman–Crippen MR) is 102 cm³/mol. The van der Waals surface area contributed by atoms with Crippen molar-refractivity contribution in [3.8, 4) is 0 Å². The first-order chi connectivity index (χ1) is 10.9. The molecule has 1 atom stereocenters. The van der Waals surface area contributed by atoms with E-state index in [-0.39, 0.29) is 41.1 Å². The summed E-state index contributed by atoms with van der Waals surface area (Å²) in [6.07, 6.45) is 13.3. The average molecular weight is 430 g/mol. The fraction of sp³-hybridized carbons (Fsp3) is 0.652. The maximum absolute atomic E-state index is 2.55. The Labute approximate surface area is 186 Å². The largest absolute Gasteiger partial charge is 1.00 e. The molecule has 0 aromatic carbocycles. The van der Waals surface area contributed by atoms with Crippen LogP contribution in [0.3, 0.4) is 0 Å². The number of halogens is 2. The third kappa shape index (κ3) is 5.41.